The molecule has 0 saturated heterocycles. The summed E-state index contributed by atoms with van der Waals surface area (Å²) in [5.74, 6) is -1.37. The summed E-state index contributed by atoms with van der Waals surface area (Å²) in [5.41, 5.74) is -0.267. The number of amides is 1. The molecule has 122 valence electrons. The van der Waals surface area contributed by atoms with E-state index in [1.807, 2.05) is 0 Å². The summed E-state index contributed by atoms with van der Waals surface area (Å²) >= 11 is 0. The van der Waals surface area contributed by atoms with Crippen molar-refractivity contribution in [3.8, 4) is 5.75 Å². The average molecular weight is 321 g/mol. The van der Waals surface area contributed by atoms with Gasteiger partial charge in [0.15, 0.2) is 6.10 Å². The number of rotatable bonds is 6. The Bertz CT molecular complexity index is 684. The summed E-state index contributed by atoms with van der Waals surface area (Å²) in [4.78, 5) is 23.8. The highest BCUT2D eigenvalue weighted by Crippen LogP contribution is 2.17. The van der Waals surface area contributed by atoms with Gasteiger partial charge in [-0.25, -0.2) is 9.18 Å². The number of carbonyl (C=O) groups excluding carboxylic acids is 2. The van der Waals surface area contributed by atoms with Gasteiger partial charge in [0, 0.05) is 6.07 Å². The van der Waals surface area contributed by atoms with Crippen molar-refractivity contribution in [1.82, 2.24) is 5.32 Å². The molecule has 23 heavy (non-hydrogen) atoms. The molecule has 1 aromatic carbocycles. The molecule has 2 rings (SSSR count). The van der Waals surface area contributed by atoms with Crippen LogP contribution in [0, 0.1) is 5.82 Å². The fourth-order valence-corrected chi connectivity index (χ4v) is 1.80. The van der Waals surface area contributed by atoms with Gasteiger partial charge in [-0.1, -0.05) is 0 Å². The normalized spacial score (nSPS) is 11.6. The van der Waals surface area contributed by atoms with Crippen LogP contribution in [0.15, 0.2) is 41.0 Å². The third kappa shape index (κ3) is 4.32. The lowest BCUT2D eigenvalue weighted by Gasteiger charge is -2.13. The van der Waals surface area contributed by atoms with Crippen molar-refractivity contribution in [2.24, 2.45) is 0 Å². The Morgan fingerprint density at radius 2 is 2.13 bits per heavy atom. The van der Waals surface area contributed by atoms with Gasteiger partial charge in [0.05, 0.1) is 25.5 Å². The van der Waals surface area contributed by atoms with Crippen molar-refractivity contribution in [3.63, 3.8) is 0 Å². The second-order valence-electron chi connectivity index (χ2n) is 4.69. The van der Waals surface area contributed by atoms with Crippen LogP contribution in [0.2, 0.25) is 0 Å². The second-order valence-corrected chi connectivity index (χ2v) is 4.69. The number of ether oxygens (including phenoxy) is 2. The van der Waals surface area contributed by atoms with Crippen LogP contribution in [0.3, 0.4) is 0 Å². The quantitative estimate of drug-likeness (QED) is 0.826. The lowest BCUT2D eigenvalue weighted by Crippen LogP contribution is -2.35. The van der Waals surface area contributed by atoms with Crippen molar-refractivity contribution in [2.75, 3.05) is 7.11 Å². The van der Waals surface area contributed by atoms with E-state index in [-0.39, 0.29) is 17.9 Å². The van der Waals surface area contributed by atoms with E-state index in [4.69, 9.17) is 13.9 Å². The molecule has 1 amide bonds. The molecule has 0 spiro atoms. The number of hydrogen-bond donors (Lipinski definition) is 1. The molecule has 0 aliphatic rings. The summed E-state index contributed by atoms with van der Waals surface area (Å²) in [6.07, 6.45) is 0.413. The Morgan fingerprint density at radius 1 is 1.35 bits per heavy atom. The predicted molar refractivity (Wildman–Crippen MR) is 78.4 cm³/mol. The summed E-state index contributed by atoms with van der Waals surface area (Å²) < 4.78 is 28.7. The molecule has 2 aromatic rings. The van der Waals surface area contributed by atoms with E-state index < -0.39 is 23.8 Å². The minimum absolute atomic E-state index is 0.171. The highest BCUT2D eigenvalue weighted by Gasteiger charge is 2.21. The van der Waals surface area contributed by atoms with E-state index in [1.54, 1.807) is 12.1 Å². The smallest absolute Gasteiger partial charge is 0.341 e. The zero-order valence-corrected chi connectivity index (χ0v) is 12.7. The zero-order valence-electron chi connectivity index (χ0n) is 12.7. The van der Waals surface area contributed by atoms with Crippen LogP contribution in [0.4, 0.5) is 4.39 Å². The Labute approximate surface area is 132 Å². The third-order valence-corrected chi connectivity index (χ3v) is 3.07. The van der Waals surface area contributed by atoms with Gasteiger partial charge in [0.2, 0.25) is 0 Å². The maximum Gasteiger partial charge on any atom is 0.341 e. The van der Waals surface area contributed by atoms with E-state index in [0.29, 0.717) is 5.76 Å². The van der Waals surface area contributed by atoms with Crippen LogP contribution in [0.1, 0.15) is 23.0 Å². The van der Waals surface area contributed by atoms with Gasteiger partial charge >= 0.3 is 5.97 Å². The molecule has 0 aliphatic carbocycles. The SMILES string of the molecule is COc1ccc(C(=O)O[C@H](C)C(=O)NCc2ccco2)c(F)c1. The molecule has 0 unspecified atom stereocenters. The molecule has 0 bridgehead atoms. The van der Waals surface area contributed by atoms with E-state index in [1.165, 1.54) is 32.4 Å². The molecule has 0 saturated carbocycles. The lowest BCUT2D eigenvalue weighted by molar-refractivity contribution is -0.129. The lowest BCUT2D eigenvalue weighted by atomic mass is 10.2. The van der Waals surface area contributed by atoms with Gasteiger partial charge in [0.1, 0.15) is 17.3 Å². The van der Waals surface area contributed by atoms with Gasteiger partial charge < -0.3 is 19.2 Å². The third-order valence-electron chi connectivity index (χ3n) is 3.07. The van der Waals surface area contributed by atoms with Gasteiger partial charge in [-0.2, -0.15) is 0 Å². The van der Waals surface area contributed by atoms with Gasteiger partial charge in [-0.05, 0) is 31.2 Å². The number of halogens is 1. The van der Waals surface area contributed by atoms with Crippen molar-refractivity contribution in [3.05, 3.63) is 53.7 Å². The summed E-state index contributed by atoms with van der Waals surface area (Å²) in [6.45, 7) is 1.57. The van der Waals surface area contributed by atoms with Crippen molar-refractivity contribution < 1.29 is 27.9 Å². The van der Waals surface area contributed by atoms with Gasteiger partial charge in [0.25, 0.3) is 5.91 Å². The molecule has 0 radical (unpaired) electrons. The zero-order chi connectivity index (χ0) is 16.8. The van der Waals surface area contributed by atoms with Crippen LogP contribution < -0.4 is 10.1 Å². The van der Waals surface area contributed by atoms with Gasteiger partial charge in [-0.15, -0.1) is 0 Å². The monoisotopic (exact) mass is 321 g/mol. The molecular weight excluding hydrogens is 305 g/mol. The van der Waals surface area contributed by atoms with Crippen LogP contribution in [-0.4, -0.2) is 25.1 Å². The summed E-state index contributed by atoms with van der Waals surface area (Å²) in [6, 6.07) is 7.13. The van der Waals surface area contributed by atoms with Crippen molar-refractivity contribution in [1.29, 1.82) is 0 Å². The molecule has 0 aliphatic heterocycles. The first kappa shape index (κ1) is 16.5. The fourth-order valence-electron chi connectivity index (χ4n) is 1.80. The average Bonchev–Trinajstić information content (AvgIpc) is 3.05. The highest BCUT2D eigenvalue weighted by molar-refractivity contribution is 5.92. The molecule has 0 fully saturated rings. The maximum atomic E-state index is 13.8. The molecular formula is C16H16FNO5. The first-order chi connectivity index (χ1) is 11.0. The van der Waals surface area contributed by atoms with Crippen LogP contribution in [-0.2, 0) is 16.1 Å². The second kappa shape index (κ2) is 7.44. The van der Waals surface area contributed by atoms with E-state index in [2.05, 4.69) is 5.32 Å². The summed E-state index contributed by atoms with van der Waals surface area (Å²) in [5, 5.41) is 2.55. The maximum absolute atomic E-state index is 13.8. The van der Waals surface area contributed by atoms with Gasteiger partial charge in [-0.3, -0.25) is 4.79 Å². The molecule has 1 aromatic heterocycles. The Balaban J connectivity index is 1.92. The van der Waals surface area contributed by atoms with E-state index in [0.717, 1.165) is 6.07 Å². The minimum atomic E-state index is -1.07. The number of esters is 1. The Hall–Kier alpha value is -2.83. The van der Waals surface area contributed by atoms with Crippen molar-refractivity contribution in [2.45, 2.75) is 19.6 Å². The Kier molecular flexibility index (Phi) is 5.35. The number of methoxy groups -OCH3 is 1. The molecule has 7 heteroatoms. The van der Waals surface area contributed by atoms with Crippen LogP contribution >= 0.6 is 0 Å². The first-order valence-corrected chi connectivity index (χ1v) is 6.86. The Morgan fingerprint density at radius 3 is 2.74 bits per heavy atom. The fraction of sp³-hybridized carbons (Fsp3) is 0.250. The number of carbonyl (C=O) groups is 2. The van der Waals surface area contributed by atoms with Crippen LogP contribution in [0.25, 0.3) is 0 Å². The summed E-state index contributed by atoms with van der Waals surface area (Å²) in [7, 11) is 1.39. The molecule has 1 atom stereocenters. The van der Waals surface area contributed by atoms with Crippen LogP contribution in [0.5, 0.6) is 5.75 Å². The first-order valence-electron chi connectivity index (χ1n) is 6.86. The predicted octanol–water partition coefficient (Wildman–Crippen LogP) is 2.29. The minimum Gasteiger partial charge on any atom is -0.497 e. The highest BCUT2D eigenvalue weighted by atomic mass is 19.1. The topological polar surface area (TPSA) is 77.8 Å². The molecule has 6 nitrogen and oxygen atoms in total. The van der Waals surface area contributed by atoms with Crippen molar-refractivity contribution >= 4 is 11.9 Å². The van der Waals surface area contributed by atoms with E-state index in [9.17, 15) is 14.0 Å². The number of nitrogens with one attached hydrogen (secondary N) is 1. The number of furan rings is 1. The largest absolute Gasteiger partial charge is 0.497 e. The molecule has 1 heterocycles. The van der Waals surface area contributed by atoms with E-state index >= 15 is 0 Å². The standard InChI is InChI=1S/C16H16FNO5/c1-10(15(19)18-9-12-4-3-7-22-12)23-16(20)13-6-5-11(21-2)8-14(13)17/h3-8,10H,9H2,1-2H3,(H,18,19)/t10-/m1/s1. The number of benzene rings is 1. The number of hydrogen-bond acceptors (Lipinski definition) is 5. The molecule has 1 N–H and O–H groups in total.